The van der Waals surface area contributed by atoms with Gasteiger partial charge in [-0.2, -0.15) is 0 Å². The van der Waals surface area contributed by atoms with Gasteiger partial charge in [-0.3, -0.25) is 4.79 Å². The van der Waals surface area contributed by atoms with Gasteiger partial charge in [-0.05, 0) is 38.0 Å². The molecule has 1 aliphatic carbocycles. The van der Waals surface area contributed by atoms with Crippen LogP contribution in [0.5, 0.6) is 0 Å². The minimum absolute atomic E-state index is 0.0222. The molecule has 2 unspecified atom stereocenters. The van der Waals surface area contributed by atoms with Crippen molar-refractivity contribution in [2.24, 2.45) is 11.8 Å². The maximum atomic E-state index is 11.8. The number of hydrogen-bond acceptors (Lipinski definition) is 3. The van der Waals surface area contributed by atoms with Gasteiger partial charge in [0, 0.05) is 19.1 Å². The average molecular weight is 241 g/mol. The summed E-state index contributed by atoms with van der Waals surface area (Å²) < 4.78 is 0. The second-order valence-corrected chi connectivity index (χ2v) is 4.75. The summed E-state index contributed by atoms with van der Waals surface area (Å²) in [5.74, 6) is -0.341. The molecular formula is C13H23NO3. The summed E-state index contributed by atoms with van der Waals surface area (Å²) in [4.78, 5) is 11.8. The van der Waals surface area contributed by atoms with Crippen LogP contribution in [0.25, 0.3) is 0 Å². The second kappa shape index (κ2) is 7.45. The molecule has 3 atom stereocenters. The third kappa shape index (κ3) is 4.48. The molecule has 1 fully saturated rings. The predicted molar refractivity (Wildman–Crippen MR) is 66.4 cm³/mol. The number of rotatable bonds is 7. The highest BCUT2D eigenvalue weighted by Crippen LogP contribution is 2.31. The van der Waals surface area contributed by atoms with Gasteiger partial charge in [0.25, 0.3) is 0 Å². The molecule has 0 spiro atoms. The average Bonchev–Trinajstić information content (AvgIpc) is 2.70. The molecule has 0 heterocycles. The standard InChI is InChI=1S/C13H23NO3/c1-2-3-4-5-6-14-13(17)12-8-11(16)7-10(12)9-15/h2,10-12,15-16H,1,3-9H2,(H,14,17)/t10?,11-,12?/m0/s1. The summed E-state index contributed by atoms with van der Waals surface area (Å²) in [5.41, 5.74) is 0. The number of hydrogen-bond donors (Lipinski definition) is 3. The molecule has 0 bridgehead atoms. The summed E-state index contributed by atoms with van der Waals surface area (Å²) in [6.45, 7) is 4.28. The summed E-state index contributed by atoms with van der Waals surface area (Å²) in [7, 11) is 0. The molecule has 1 rings (SSSR count). The number of unbranched alkanes of at least 4 members (excludes halogenated alkanes) is 2. The fourth-order valence-electron chi connectivity index (χ4n) is 2.37. The molecule has 4 heteroatoms. The molecule has 1 aliphatic rings. The van der Waals surface area contributed by atoms with Gasteiger partial charge in [0.1, 0.15) is 0 Å². The lowest BCUT2D eigenvalue weighted by Gasteiger charge is -2.16. The van der Waals surface area contributed by atoms with Gasteiger partial charge in [0.2, 0.25) is 5.91 Å². The summed E-state index contributed by atoms with van der Waals surface area (Å²) in [5, 5.41) is 21.5. The number of carbonyl (C=O) groups excluding carboxylic acids is 1. The molecule has 17 heavy (non-hydrogen) atoms. The second-order valence-electron chi connectivity index (χ2n) is 4.75. The third-order valence-electron chi connectivity index (χ3n) is 3.38. The van der Waals surface area contributed by atoms with E-state index < -0.39 is 6.10 Å². The van der Waals surface area contributed by atoms with Gasteiger partial charge in [-0.15, -0.1) is 6.58 Å². The van der Waals surface area contributed by atoms with Gasteiger partial charge in [-0.25, -0.2) is 0 Å². The maximum Gasteiger partial charge on any atom is 0.223 e. The Labute approximate surface area is 103 Å². The Morgan fingerprint density at radius 3 is 2.82 bits per heavy atom. The zero-order valence-corrected chi connectivity index (χ0v) is 10.3. The lowest BCUT2D eigenvalue weighted by atomic mass is 9.96. The van der Waals surface area contributed by atoms with E-state index in [1.54, 1.807) is 0 Å². The van der Waals surface area contributed by atoms with Gasteiger partial charge in [-0.1, -0.05) is 6.08 Å². The van der Waals surface area contributed by atoms with Crippen LogP contribution in [0.2, 0.25) is 0 Å². The van der Waals surface area contributed by atoms with Crippen molar-refractivity contribution in [3.05, 3.63) is 12.7 Å². The summed E-state index contributed by atoms with van der Waals surface area (Å²) in [6, 6.07) is 0. The Morgan fingerprint density at radius 2 is 2.18 bits per heavy atom. The highest BCUT2D eigenvalue weighted by atomic mass is 16.3. The fraction of sp³-hybridized carbons (Fsp3) is 0.769. The fourth-order valence-corrected chi connectivity index (χ4v) is 2.37. The van der Waals surface area contributed by atoms with E-state index in [0.29, 0.717) is 19.4 Å². The van der Waals surface area contributed by atoms with Crippen molar-refractivity contribution < 1.29 is 15.0 Å². The van der Waals surface area contributed by atoms with Crippen LogP contribution in [-0.4, -0.2) is 35.4 Å². The molecule has 98 valence electrons. The van der Waals surface area contributed by atoms with E-state index in [2.05, 4.69) is 11.9 Å². The lowest BCUT2D eigenvalue weighted by molar-refractivity contribution is -0.126. The first-order valence-corrected chi connectivity index (χ1v) is 6.36. The molecule has 0 aliphatic heterocycles. The first-order valence-electron chi connectivity index (χ1n) is 6.36. The maximum absolute atomic E-state index is 11.8. The van der Waals surface area contributed by atoms with Crippen molar-refractivity contribution in [3.8, 4) is 0 Å². The third-order valence-corrected chi connectivity index (χ3v) is 3.38. The molecule has 0 radical (unpaired) electrons. The largest absolute Gasteiger partial charge is 0.396 e. The quantitative estimate of drug-likeness (QED) is 0.457. The normalized spacial score (nSPS) is 28.0. The van der Waals surface area contributed by atoms with E-state index >= 15 is 0 Å². The Hall–Kier alpha value is -0.870. The zero-order chi connectivity index (χ0) is 12.7. The zero-order valence-electron chi connectivity index (χ0n) is 10.3. The highest BCUT2D eigenvalue weighted by Gasteiger charge is 2.37. The number of aliphatic hydroxyl groups excluding tert-OH is 2. The van der Waals surface area contributed by atoms with Gasteiger partial charge in [0.15, 0.2) is 0 Å². The molecule has 3 N–H and O–H groups in total. The molecule has 0 aromatic rings. The van der Waals surface area contributed by atoms with Crippen molar-refractivity contribution >= 4 is 5.91 Å². The van der Waals surface area contributed by atoms with E-state index in [0.717, 1.165) is 19.3 Å². The van der Waals surface area contributed by atoms with Crippen molar-refractivity contribution in [2.45, 2.75) is 38.2 Å². The van der Waals surface area contributed by atoms with Crippen LogP contribution in [-0.2, 0) is 4.79 Å². The van der Waals surface area contributed by atoms with Crippen LogP contribution in [0.15, 0.2) is 12.7 Å². The van der Waals surface area contributed by atoms with Gasteiger partial charge >= 0.3 is 0 Å². The molecule has 0 aromatic heterocycles. The number of allylic oxidation sites excluding steroid dienone is 1. The molecular weight excluding hydrogens is 218 g/mol. The number of aliphatic hydroxyl groups is 2. The topological polar surface area (TPSA) is 69.6 Å². The van der Waals surface area contributed by atoms with Crippen molar-refractivity contribution in [1.82, 2.24) is 5.32 Å². The molecule has 1 amide bonds. The first-order chi connectivity index (χ1) is 8.19. The monoisotopic (exact) mass is 241 g/mol. The molecule has 1 saturated carbocycles. The number of amides is 1. The predicted octanol–water partition coefficient (Wildman–Crippen LogP) is 0.838. The minimum Gasteiger partial charge on any atom is -0.396 e. The Balaban J connectivity index is 2.24. The summed E-state index contributed by atoms with van der Waals surface area (Å²) >= 11 is 0. The van der Waals surface area contributed by atoms with E-state index in [1.807, 2.05) is 6.08 Å². The van der Waals surface area contributed by atoms with Crippen LogP contribution in [0.3, 0.4) is 0 Å². The molecule has 0 aromatic carbocycles. The number of carbonyl (C=O) groups is 1. The van der Waals surface area contributed by atoms with Gasteiger partial charge < -0.3 is 15.5 Å². The smallest absolute Gasteiger partial charge is 0.223 e. The van der Waals surface area contributed by atoms with Crippen LogP contribution in [0, 0.1) is 11.8 Å². The highest BCUT2D eigenvalue weighted by molar-refractivity contribution is 5.79. The van der Waals surface area contributed by atoms with Gasteiger partial charge in [0.05, 0.1) is 6.10 Å². The molecule has 4 nitrogen and oxygen atoms in total. The molecule has 0 saturated heterocycles. The van der Waals surface area contributed by atoms with E-state index in [1.165, 1.54) is 0 Å². The van der Waals surface area contributed by atoms with Crippen molar-refractivity contribution in [2.75, 3.05) is 13.2 Å². The minimum atomic E-state index is -0.441. The summed E-state index contributed by atoms with van der Waals surface area (Å²) in [6.07, 6.45) is 5.38. The number of nitrogens with one attached hydrogen (secondary N) is 1. The van der Waals surface area contributed by atoms with Crippen molar-refractivity contribution in [1.29, 1.82) is 0 Å². The Bertz CT molecular complexity index is 255. The Morgan fingerprint density at radius 1 is 1.41 bits per heavy atom. The SMILES string of the molecule is C=CCCCCNC(=O)C1C[C@@H](O)CC1CO. The van der Waals surface area contributed by atoms with E-state index in [4.69, 9.17) is 5.11 Å². The Kier molecular flexibility index (Phi) is 6.22. The van der Waals surface area contributed by atoms with Crippen LogP contribution < -0.4 is 5.32 Å². The van der Waals surface area contributed by atoms with Crippen LogP contribution in [0.4, 0.5) is 0 Å². The van der Waals surface area contributed by atoms with E-state index in [9.17, 15) is 9.90 Å². The van der Waals surface area contributed by atoms with Crippen LogP contribution >= 0.6 is 0 Å². The van der Waals surface area contributed by atoms with E-state index in [-0.39, 0.29) is 24.3 Å². The van der Waals surface area contributed by atoms with Crippen LogP contribution in [0.1, 0.15) is 32.1 Å². The van der Waals surface area contributed by atoms with Crippen molar-refractivity contribution in [3.63, 3.8) is 0 Å². The first kappa shape index (κ1) is 14.2. The lowest BCUT2D eigenvalue weighted by Crippen LogP contribution is -2.34.